The number of phenolic OH excluding ortho intramolecular Hbond substituents is 1. The molecule has 3 nitrogen and oxygen atoms in total. The summed E-state index contributed by atoms with van der Waals surface area (Å²) in [5, 5.41) is 21.2. The third-order valence-corrected chi connectivity index (χ3v) is 4.33. The molecule has 4 heteroatoms. The van der Waals surface area contributed by atoms with Crippen LogP contribution < -0.4 is 0 Å². The zero-order valence-electron chi connectivity index (χ0n) is 10.2. The summed E-state index contributed by atoms with van der Waals surface area (Å²) >= 11 is 3.43. The van der Waals surface area contributed by atoms with Crippen molar-refractivity contribution in [2.24, 2.45) is 0 Å². The summed E-state index contributed by atoms with van der Waals surface area (Å²) in [5.74, 6) is -0.611. The summed E-state index contributed by atoms with van der Waals surface area (Å²) in [4.78, 5) is 11.0. The van der Waals surface area contributed by atoms with Gasteiger partial charge in [-0.3, -0.25) is 4.79 Å². The first-order valence-corrected chi connectivity index (χ1v) is 6.95. The van der Waals surface area contributed by atoms with Gasteiger partial charge in [-0.1, -0.05) is 28.1 Å². The Kier molecular flexibility index (Phi) is 2.78. The lowest BCUT2D eigenvalue weighted by Crippen LogP contribution is -2.13. The second kappa shape index (κ2) is 4.23. The van der Waals surface area contributed by atoms with Gasteiger partial charge in [0.1, 0.15) is 5.75 Å². The normalized spacial score (nSPS) is 16.5. The maximum absolute atomic E-state index is 11.0. The Morgan fingerprint density at radius 2 is 2.00 bits per heavy atom. The molecule has 2 aromatic rings. The van der Waals surface area contributed by atoms with Crippen molar-refractivity contribution in [1.29, 1.82) is 0 Å². The van der Waals surface area contributed by atoms with Crippen molar-refractivity contribution in [3.8, 4) is 5.75 Å². The van der Waals surface area contributed by atoms with Crippen LogP contribution >= 0.6 is 15.9 Å². The fourth-order valence-electron chi connectivity index (χ4n) is 2.80. The van der Waals surface area contributed by atoms with E-state index in [1.807, 2.05) is 24.3 Å². The number of benzene rings is 2. The van der Waals surface area contributed by atoms with E-state index in [0.717, 1.165) is 33.7 Å². The highest BCUT2D eigenvalue weighted by molar-refractivity contribution is 9.10. The average Bonchev–Trinajstić information content (AvgIpc) is 3.08. The van der Waals surface area contributed by atoms with Gasteiger partial charge in [-0.25, -0.2) is 0 Å². The van der Waals surface area contributed by atoms with Crippen LogP contribution in [0.25, 0.3) is 10.8 Å². The van der Waals surface area contributed by atoms with Gasteiger partial charge < -0.3 is 10.2 Å². The quantitative estimate of drug-likeness (QED) is 0.904. The van der Waals surface area contributed by atoms with E-state index in [2.05, 4.69) is 15.9 Å². The molecule has 19 heavy (non-hydrogen) atoms. The van der Waals surface area contributed by atoms with Crippen molar-refractivity contribution < 1.29 is 15.0 Å². The minimum Gasteiger partial charge on any atom is -0.508 e. The first kappa shape index (κ1) is 12.5. The van der Waals surface area contributed by atoms with Crippen LogP contribution in [0.2, 0.25) is 0 Å². The van der Waals surface area contributed by atoms with Crippen LogP contribution in [0.3, 0.4) is 0 Å². The lowest BCUT2D eigenvalue weighted by molar-refractivity contribution is -0.137. The topological polar surface area (TPSA) is 57.5 Å². The molecule has 98 valence electrons. The summed E-state index contributed by atoms with van der Waals surface area (Å²) < 4.78 is 0.972. The third kappa shape index (κ3) is 2.10. The van der Waals surface area contributed by atoms with Crippen molar-refractivity contribution in [2.45, 2.75) is 24.7 Å². The molecule has 0 spiro atoms. The molecule has 0 aliphatic heterocycles. The fourth-order valence-corrected chi connectivity index (χ4v) is 3.18. The molecule has 1 saturated carbocycles. The highest BCUT2D eigenvalue weighted by Crippen LogP contribution is 2.55. The van der Waals surface area contributed by atoms with Crippen LogP contribution in [0.4, 0.5) is 0 Å². The molecule has 0 radical (unpaired) electrons. The van der Waals surface area contributed by atoms with Gasteiger partial charge in [-0.05, 0) is 41.8 Å². The fraction of sp³-hybridized carbons (Fsp3) is 0.267. The third-order valence-electron chi connectivity index (χ3n) is 3.83. The summed E-state index contributed by atoms with van der Waals surface area (Å²) in [5.41, 5.74) is 0.406. The molecule has 1 aliphatic rings. The minimum absolute atomic E-state index is 0.0791. The first-order chi connectivity index (χ1) is 9.02. The predicted octanol–water partition coefficient (Wildman–Crippen LogP) is 3.81. The molecule has 3 rings (SSSR count). The number of carboxylic acids is 1. The van der Waals surface area contributed by atoms with Gasteiger partial charge in [0, 0.05) is 15.5 Å². The number of phenols is 1. The number of hydrogen-bond donors (Lipinski definition) is 2. The van der Waals surface area contributed by atoms with E-state index >= 15 is 0 Å². The standard InChI is InChI=1S/C15H13BrO3/c16-10-2-3-11-9(7-10)1-4-12(17)14(11)15(5-6-15)8-13(18)19/h1-4,7,17H,5-6,8H2,(H,18,19). The highest BCUT2D eigenvalue weighted by atomic mass is 79.9. The Labute approximate surface area is 119 Å². The van der Waals surface area contributed by atoms with Gasteiger partial charge in [0.15, 0.2) is 0 Å². The summed E-state index contributed by atoms with van der Waals surface area (Å²) in [6.07, 6.45) is 1.72. The lowest BCUT2D eigenvalue weighted by atomic mass is 9.87. The monoisotopic (exact) mass is 320 g/mol. The first-order valence-electron chi connectivity index (χ1n) is 6.15. The maximum atomic E-state index is 11.0. The van der Waals surface area contributed by atoms with E-state index in [-0.39, 0.29) is 17.6 Å². The molecule has 0 bridgehead atoms. The van der Waals surface area contributed by atoms with Crippen molar-refractivity contribution in [1.82, 2.24) is 0 Å². The smallest absolute Gasteiger partial charge is 0.304 e. The molecule has 0 unspecified atom stereocenters. The van der Waals surface area contributed by atoms with Crippen molar-refractivity contribution in [3.63, 3.8) is 0 Å². The van der Waals surface area contributed by atoms with Crippen molar-refractivity contribution >= 4 is 32.7 Å². The van der Waals surface area contributed by atoms with Gasteiger partial charge in [-0.2, -0.15) is 0 Å². The second-order valence-electron chi connectivity index (χ2n) is 5.18. The van der Waals surface area contributed by atoms with Crippen molar-refractivity contribution in [2.75, 3.05) is 0 Å². The van der Waals surface area contributed by atoms with E-state index in [4.69, 9.17) is 5.11 Å². The van der Waals surface area contributed by atoms with Crippen LogP contribution in [0.5, 0.6) is 5.75 Å². The van der Waals surface area contributed by atoms with E-state index in [9.17, 15) is 9.90 Å². The Balaban J connectivity index is 2.22. The van der Waals surface area contributed by atoms with E-state index in [1.165, 1.54) is 0 Å². The molecule has 0 amide bonds. The second-order valence-corrected chi connectivity index (χ2v) is 6.09. The number of hydrogen-bond acceptors (Lipinski definition) is 2. The van der Waals surface area contributed by atoms with Crippen LogP contribution in [0.15, 0.2) is 34.8 Å². The zero-order chi connectivity index (χ0) is 13.6. The lowest BCUT2D eigenvalue weighted by Gasteiger charge is -2.18. The molecule has 0 saturated heterocycles. The number of halogens is 1. The molecule has 2 aromatic carbocycles. The minimum atomic E-state index is -0.814. The van der Waals surface area contributed by atoms with E-state index in [0.29, 0.717) is 0 Å². The van der Waals surface area contributed by atoms with Crippen LogP contribution in [-0.2, 0) is 10.2 Å². The summed E-state index contributed by atoms with van der Waals surface area (Å²) in [6.45, 7) is 0. The number of carboxylic acid groups (broad SMARTS) is 1. The van der Waals surface area contributed by atoms with Gasteiger partial charge in [0.2, 0.25) is 0 Å². The molecule has 2 N–H and O–H groups in total. The molecule has 0 atom stereocenters. The highest BCUT2D eigenvalue weighted by Gasteiger charge is 2.48. The van der Waals surface area contributed by atoms with Gasteiger partial charge in [-0.15, -0.1) is 0 Å². The molecule has 0 heterocycles. The molecular weight excluding hydrogens is 308 g/mol. The number of carbonyl (C=O) groups is 1. The molecule has 1 aliphatic carbocycles. The Bertz CT molecular complexity index is 674. The Morgan fingerprint density at radius 3 is 2.63 bits per heavy atom. The largest absolute Gasteiger partial charge is 0.508 e. The molecule has 1 fully saturated rings. The van der Waals surface area contributed by atoms with E-state index < -0.39 is 5.97 Å². The Hall–Kier alpha value is -1.55. The van der Waals surface area contributed by atoms with Gasteiger partial charge >= 0.3 is 5.97 Å². The average molecular weight is 321 g/mol. The van der Waals surface area contributed by atoms with Gasteiger partial charge in [0.25, 0.3) is 0 Å². The molecule has 0 aromatic heterocycles. The summed E-state index contributed by atoms with van der Waals surface area (Å²) in [6, 6.07) is 9.36. The number of rotatable bonds is 3. The van der Waals surface area contributed by atoms with Crippen molar-refractivity contribution in [3.05, 3.63) is 40.4 Å². The summed E-state index contributed by atoms with van der Waals surface area (Å²) in [7, 11) is 0. The molecular formula is C15H13BrO3. The van der Waals surface area contributed by atoms with Crippen LogP contribution in [0.1, 0.15) is 24.8 Å². The van der Waals surface area contributed by atoms with Gasteiger partial charge in [0.05, 0.1) is 6.42 Å². The predicted molar refractivity (Wildman–Crippen MR) is 76.5 cm³/mol. The van der Waals surface area contributed by atoms with Crippen LogP contribution in [0, 0.1) is 0 Å². The van der Waals surface area contributed by atoms with Crippen LogP contribution in [-0.4, -0.2) is 16.2 Å². The van der Waals surface area contributed by atoms with E-state index in [1.54, 1.807) is 6.07 Å². The Morgan fingerprint density at radius 1 is 1.26 bits per heavy atom. The maximum Gasteiger partial charge on any atom is 0.304 e. The SMILES string of the molecule is O=C(O)CC1(c2c(O)ccc3cc(Br)ccc23)CC1. The number of fused-ring (bicyclic) bond motifs is 1. The number of aliphatic carboxylic acids is 1. The zero-order valence-corrected chi connectivity index (χ0v) is 11.8. The number of aromatic hydroxyl groups is 1.